The average Bonchev–Trinajstić information content (AvgIpc) is 3.18. The van der Waals surface area contributed by atoms with Gasteiger partial charge in [-0.25, -0.2) is 18.5 Å². The molecule has 3 N–H and O–H groups in total. The molecule has 0 aliphatic rings. The highest BCUT2D eigenvalue weighted by Gasteiger charge is 2.16. The Kier molecular flexibility index (Phi) is 7.74. The minimum atomic E-state index is -3.83. The van der Waals surface area contributed by atoms with E-state index in [2.05, 4.69) is 17.2 Å². The van der Waals surface area contributed by atoms with Crippen molar-refractivity contribution >= 4 is 44.4 Å². The first kappa shape index (κ1) is 24.8. The predicted molar refractivity (Wildman–Crippen MR) is 138 cm³/mol. The molecular weight excluding hydrogens is 484 g/mol. The van der Waals surface area contributed by atoms with Gasteiger partial charge in [0, 0.05) is 18.3 Å². The number of primary sulfonamides is 1. The number of sulfonamides is 1. The van der Waals surface area contributed by atoms with Crippen LogP contribution in [0.1, 0.15) is 19.8 Å². The third kappa shape index (κ3) is 6.41. The van der Waals surface area contributed by atoms with E-state index in [4.69, 9.17) is 9.88 Å². The third-order valence-corrected chi connectivity index (χ3v) is 7.06. The van der Waals surface area contributed by atoms with Crippen LogP contribution < -0.4 is 15.2 Å². The first-order chi connectivity index (χ1) is 16.8. The molecule has 4 aromatic rings. The lowest BCUT2D eigenvalue weighted by atomic mass is 10.3. The number of nitrogens with one attached hydrogen (secondary N) is 1. The van der Waals surface area contributed by atoms with Crippen molar-refractivity contribution in [3.63, 3.8) is 0 Å². The molecule has 182 valence electrons. The molecule has 0 radical (unpaired) electrons. The topological polar surface area (TPSA) is 116 Å². The number of imidazole rings is 1. The van der Waals surface area contributed by atoms with Gasteiger partial charge in [-0.15, -0.1) is 0 Å². The standard InChI is InChI=1S/C25H26N4O4S2/c1-2-3-14-29-23-13-12-21(35(26,31)32)16-22(23)28-25(29)34-17-24(30)27-18-8-7-11-20(15-18)33-19-9-5-4-6-10-19/h4-13,15-16H,2-3,14,17H2,1H3,(H,27,30)(H2,26,31,32). The minimum absolute atomic E-state index is 0.0111. The normalized spacial score (nSPS) is 11.5. The van der Waals surface area contributed by atoms with Gasteiger partial charge in [-0.1, -0.05) is 49.4 Å². The van der Waals surface area contributed by atoms with E-state index in [1.165, 1.54) is 23.9 Å². The number of nitrogens with zero attached hydrogens (tertiary/aromatic N) is 2. The fourth-order valence-electron chi connectivity index (χ4n) is 3.50. The van der Waals surface area contributed by atoms with Crippen LogP contribution in [0.15, 0.2) is 82.8 Å². The maximum Gasteiger partial charge on any atom is 0.238 e. The molecule has 0 saturated heterocycles. The summed E-state index contributed by atoms with van der Waals surface area (Å²) < 4.78 is 31.3. The van der Waals surface area contributed by atoms with Crippen LogP contribution >= 0.6 is 11.8 Å². The van der Waals surface area contributed by atoms with E-state index < -0.39 is 10.0 Å². The summed E-state index contributed by atoms with van der Waals surface area (Å²) in [5, 5.41) is 8.81. The molecule has 1 aromatic heterocycles. The van der Waals surface area contributed by atoms with Gasteiger partial charge in [-0.3, -0.25) is 4.79 Å². The van der Waals surface area contributed by atoms with E-state index in [1.54, 1.807) is 18.2 Å². The van der Waals surface area contributed by atoms with Crippen LogP contribution in [0, 0.1) is 0 Å². The van der Waals surface area contributed by atoms with Gasteiger partial charge in [-0.2, -0.15) is 0 Å². The number of unbranched alkanes of at least 4 members (excludes halogenated alkanes) is 1. The summed E-state index contributed by atoms with van der Waals surface area (Å²) in [6.45, 7) is 2.80. The Morgan fingerprint density at radius 2 is 1.83 bits per heavy atom. The van der Waals surface area contributed by atoms with E-state index in [1.807, 2.05) is 47.0 Å². The van der Waals surface area contributed by atoms with Gasteiger partial charge in [0.1, 0.15) is 11.5 Å². The lowest BCUT2D eigenvalue weighted by Gasteiger charge is -2.10. The number of para-hydroxylation sites is 1. The molecular formula is C25H26N4O4S2. The summed E-state index contributed by atoms with van der Waals surface area (Å²) in [6.07, 6.45) is 1.91. The van der Waals surface area contributed by atoms with Crippen LogP contribution in [0.5, 0.6) is 11.5 Å². The van der Waals surface area contributed by atoms with Crippen LogP contribution in [0.3, 0.4) is 0 Å². The SMILES string of the molecule is CCCCn1c(SCC(=O)Nc2cccc(Oc3ccccc3)c2)nc2cc(S(N)(=O)=O)ccc21. The Balaban J connectivity index is 1.46. The quantitative estimate of drug-likeness (QED) is 0.290. The Morgan fingerprint density at radius 1 is 1.06 bits per heavy atom. The lowest BCUT2D eigenvalue weighted by Crippen LogP contribution is -2.14. The van der Waals surface area contributed by atoms with Crippen molar-refractivity contribution in [2.24, 2.45) is 5.14 Å². The van der Waals surface area contributed by atoms with Crippen molar-refractivity contribution in [2.75, 3.05) is 11.1 Å². The zero-order chi connectivity index (χ0) is 24.8. The van der Waals surface area contributed by atoms with Crippen molar-refractivity contribution in [3.05, 3.63) is 72.8 Å². The molecule has 0 bridgehead atoms. The van der Waals surface area contributed by atoms with Crippen molar-refractivity contribution in [2.45, 2.75) is 36.4 Å². The Hall–Kier alpha value is -3.34. The smallest absolute Gasteiger partial charge is 0.238 e. The lowest BCUT2D eigenvalue weighted by molar-refractivity contribution is -0.113. The molecule has 10 heteroatoms. The molecule has 0 spiro atoms. The predicted octanol–water partition coefficient (Wildman–Crippen LogP) is 5.01. The number of hydrogen-bond donors (Lipinski definition) is 2. The molecule has 1 heterocycles. The first-order valence-corrected chi connectivity index (χ1v) is 13.7. The molecule has 35 heavy (non-hydrogen) atoms. The first-order valence-electron chi connectivity index (χ1n) is 11.1. The Bertz CT molecular complexity index is 1440. The third-order valence-electron chi connectivity index (χ3n) is 5.18. The second-order valence-corrected chi connectivity index (χ2v) is 10.4. The van der Waals surface area contributed by atoms with Crippen LogP contribution in [0.4, 0.5) is 5.69 Å². The number of fused-ring (bicyclic) bond motifs is 1. The van der Waals surface area contributed by atoms with E-state index in [0.29, 0.717) is 34.4 Å². The second-order valence-electron chi connectivity index (χ2n) is 7.87. The zero-order valence-corrected chi connectivity index (χ0v) is 20.8. The number of amides is 1. The van der Waals surface area contributed by atoms with Gasteiger partial charge < -0.3 is 14.6 Å². The molecule has 3 aromatic carbocycles. The number of rotatable bonds is 10. The number of carbonyl (C=O) groups is 1. The molecule has 0 fully saturated rings. The molecule has 1 amide bonds. The van der Waals surface area contributed by atoms with E-state index in [-0.39, 0.29) is 16.6 Å². The fourth-order valence-corrected chi connectivity index (χ4v) is 4.87. The summed E-state index contributed by atoms with van der Waals surface area (Å²) in [4.78, 5) is 17.3. The number of aryl methyl sites for hydroxylation is 1. The average molecular weight is 511 g/mol. The molecule has 0 atom stereocenters. The van der Waals surface area contributed by atoms with Crippen LogP contribution in [0.25, 0.3) is 11.0 Å². The van der Waals surface area contributed by atoms with Gasteiger partial charge in [0.2, 0.25) is 15.9 Å². The maximum absolute atomic E-state index is 12.7. The van der Waals surface area contributed by atoms with E-state index >= 15 is 0 Å². The molecule has 8 nitrogen and oxygen atoms in total. The van der Waals surface area contributed by atoms with E-state index in [0.717, 1.165) is 18.4 Å². The van der Waals surface area contributed by atoms with Crippen molar-refractivity contribution in [1.29, 1.82) is 0 Å². The summed E-state index contributed by atoms with van der Waals surface area (Å²) in [6, 6.07) is 21.3. The number of carbonyl (C=O) groups excluding carboxylic acids is 1. The van der Waals surface area contributed by atoms with Crippen molar-refractivity contribution in [3.8, 4) is 11.5 Å². The van der Waals surface area contributed by atoms with Crippen LogP contribution in [-0.4, -0.2) is 29.6 Å². The van der Waals surface area contributed by atoms with Crippen molar-refractivity contribution in [1.82, 2.24) is 9.55 Å². The molecule has 0 saturated carbocycles. The highest BCUT2D eigenvalue weighted by Crippen LogP contribution is 2.27. The Labute approximate surface area is 208 Å². The number of aromatic nitrogens is 2. The molecule has 0 aliphatic heterocycles. The summed E-state index contributed by atoms with van der Waals surface area (Å²) in [7, 11) is -3.83. The maximum atomic E-state index is 12.7. The van der Waals surface area contributed by atoms with Gasteiger partial charge in [-0.05, 0) is 48.9 Å². The number of nitrogens with two attached hydrogens (primary N) is 1. The van der Waals surface area contributed by atoms with Gasteiger partial charge in [0.25, 0.3) is 0 Å². The van der Waals surface area contributed by atoms with Crippen LogP contribution in [0.2, 0.25) is 0 Å². The van der Waals surface area contributed by atoms with Gasteiger partial charge in [0.05, 0.1) is 21.7 Å². The molecule has 0 aliphatic carbocycles. The number of ether oxygens (including phenoxy) is 1. The molecule has 4 rings (SSSR count). The molecule has 0 unspecified atom stereocenters. The zero-order valence-electron chi connectivity index (χ0n) is 19.2. The van der Waals surface area contributed by atoms with E-state index in [9.17, 15) is 13.2 Å². The van der Waals surface area contributed by atoms with Gasteiger partial charge in [0.15, 0.2) is 5.16 Å². The number of thioether (sulfide) groups is 1. The highest BCUT2D eigenvalue weighted by molar-refractivity contribution is 7.99. The summed E-state index contributed by atoms with van der Waals surface area (Å²) in [5.74, 6) is 1.28. The minimum Gasteiger partial charge on any atom is -0.457 e. The fraction of sp³-hybridized carbons (Fsp3) is 0.200. The summed E-state index contributed by atoms with van der Waals surface area (Å²) in [5.41, 5.74) is 1.96. The highest BCUT2D eigenvalue weighted by atomic mass is 32.2. The second kappa shape index (κ2) is 10.9. The number of anilines is 1. The Morgan fingerprint density at radius 3 is 2.57 bits per heavy atom. The number of hydrogen-bond acceptors (Lipinski definition) is 6. The van der Waals surface area contributed by atoms with Crippen molar-refractivity contribution < 1.29 is 17.9 Å². The largest absolute Gasteiger partial charge is 0.457 e. The number of benzene rings is 3. The summed E-state index contributed by atoms with van der Waals surface area (Å²) >= 11 is 1.30. The van der Waals surface area contributed by atoms with Gasteiger partial charge >= 0.3 is 0 Å². The van der Waals surface area contributed by atoms with Crippen LogP contribution in [-0.2, 0) is 21.4 Å². The monoisotopic (exact) mass is 510 g/mol.